The Labute approximate surface area is 324 Å². The van der Waals surface area contributed by atoms with Crippen molar-refractivity contribution >= 4 is 42.5 Å². The van der Waals surface area contributed by atoms with E-state index < -0.39 is 55.9 Å². The molecule has 2 aromatic rings. The minimum absolute atomic E-state index is 0.173. The minimum Gasteiger partial charge on any atom is -0.405 e. The van der Waals surface area contributed by atoms with E-state index in [-0.39, 0.29) is 33.5 Å². The average Bonchev–Trinajstić information content (AvgIpc) is 3.46. The Morgan fingerprint density at radius 2 is 0.704 bits per heavy atom. The van der Waals surface area contributed by atoms with E-state index in [9.17, 15) is 36.6 Å². The second-order valence-electron chi connectivity index (χ2n) is 17.1. The molecular formula is C36H52B3BrF6O8. The summed E-state index contributed by atoms with van der Waals surface area (Å²) in [6.07, 6.45) is -9.40. The first-order valence-electron chi connectivity index (χ1n) is 17.4. The molecule has 0 saturated carbocycles. The second-order valence-corrected chi connectivity index (χ2v) is 18.0. The maximum absolute atomic E-state index is 12.8. The maximum Gasteiger partial charge on any atom is 0.494 e. The summed E-state index contributed by atoms with van der Waals surface area (Å²) in [4.78, 5) is 0. The van der Waals surface area contributed by atoms with Crippen LogP contribution in [-0.4, -0.2) is 77.3 Å². The van der Waals surface area contributed by atoms with E-state index in [1.165, 1.54) is 48.5 Å². The summed E-state index contributed by atoms with van der Waals surface area (Å²) in [6, 6.07) is 10.8. The molecule has 3 aliphatic rings. The van der Waals surface area contributed by atoms with Gasteiger partial charge in [-0.3, -0.25) is 0 Å². The molecule has 0 amide bonds. The molecule has 0 radical (unpaired) electrons. The standard InChI is InChI=1S/C15H20BF3O3.C12H24B2O4.C9H8BrF3O/c1-12(2)13(3,4)22-16(21-12)11-8-6-10(7-9-11)14(5,20)15(17,18)19;1-9(2)10(3,4)16-13(15-9)14-17-11(5,6)12(7,8)18-14;1-8(14,9(11,12)13)6-2-4-7(10)5-3-6/h6-9,20H,1-5H3;1-8H3;2-5,14H,1H3. The maximum atomic E-state index is 12.8. The predicted octanol–water partition coefficient (Wildman–Crippen LogP) is 8.22. The van der Waals surface area contributed by atoms with E-state index in [1.54, 1.807) is 0 Å². The lowest BCUT2D eigenvalue weighted by atomic mass is 9.49. The molecule has 0 spiro atoms. The lowest BCUT2D eigenvalue weighted by Crippen LogP contribution is -2.41. The van der Waals surface area contributed by atoms with Gasteiger partial charge >= 0.3 is 33.5 Å². The van der Waals surface area contributed by atoms with Crippen LogP contribution in [0.5, 0.6) is 0 Å². The zero-order chi connectivity index (χ0) is 41.9. The van der Waals surface area contributed by atoms with E-state index in [1.807, 2.05) is 83.1 Å². The summed E-state index contributed by atoms with van der Waals surface area (Å²) in [5.74, 6) is 0. The fraction of sp³-hybridized carbons (Fsp3) is 0.667. The molecule has 5 rings (SSSR count). The summed E-state index contributed by atoms with van der Waals surface area (Å²) in [6.45, 7) is 25.3. The van der Waals surface area contributed by atoms with Gasteiger partial charge in [-0.15, -0.1) is 0 Å². The molecule has 3 aliphatic heterocycles. The molecule has 54 heavy (non-hydrogen) atoms. The fourth-order valence-electron chi connectivity index (χ4n) is 5.05. The number of hydrogen-bond acceptors (Lipinski definition) is 8. The molecule has 302 valence electrons. The van der Waals surface area contributed by atoms with Crippen LogP contribution in [0.2, 0.25) is 0 Å². The third-order valence-electron chi connectivity index (χ3n) is 11.3. The number of benzene rings is 2. The van der Waals surface area contributed by atoms with Crippen molar-refractivity contribution in [3.63, 3.8) is 0 Å². The number of alkyl halides is 6. The molecule has 2 atom stereocenters. The van der Waals surface area contributed by atoms with Crippen molar-refractivity contribution in [2.45, 2.75) is 154 Å². The summed E-state index contributed by atoms with van der Waals surface area (Å²) >= 11 is 3.10. The molecule has 2 N–H and O–H groups in total. The molecule has 0 aliphatic carbocycles. The third-order valence-corrected chi connectivity index (χ3v) is 11.8. The molecule has 3 fully saturated rings. The van der Waals surface area contributed by atoms with Crippen LogP contribution in [0.25, 0.3) is 0 Å². The summed E-state index contributed by atoms with van der Waals surface area (Å²) in [5, 5.41) is 18.9. The first kappa shape index (κ1) is 46.8. The van der Waals surface area contributed by atoms with Crippen molar-refractivity contribution in [3.8, 4) is 0 Å². The van der Waals surface area contributed by atoms with Crippen LogP contribution in [0, 0.1) is 0 Å². The highest BCUT2D eigenvalue weighted by Crippen LogP contribution is 2.44. The molecule has 2 aromatic carbocycles. The van der Waals surface area contributed by atoms with Crippen LogP contribution < -0.4 is 5.46 Å². The van der Waals surface area contributed by atoms with Crippen LogP contribution in [0.1, 0.15) is 108 Å². The van der Waals surface area contributed by atoms with E-state index in [0.717, 1.165) is 13.8 Å². The monoisotopic (exact) mass is 838 g/mol. The number of rotatable bonds is 4. The molecule has 0 bridgehead atoms. The van der Waals surface area contributed by atoms with Crippen molar-refractivity contribution in [2.75, 3.05) is 0 Å². The highest BCUT2D eigenvalue weighted by Gasteiger charge is 2.64. The van der Waals surface area contributed by atoms with Crippen molar-refractivity contribution in [1.82, 2.24) is 0 Å². The van der Waals surface area contributed by atoms with Crippen LogP contribution >= 0.6 is 15.9 Å². The molecule has 18 heteroatoms. The van der Waals surface area contributed by atoms with Crippen LogP contribution in [0.4, 0.5) is 26.3 Å². The third kappa shape index (κ3) is 9.55. The first-order valence-corrected chi connectivity index (χ1v) is 18.2. The van der Waals surface area contributed by atoms with Gasteiger partial charge in [-0.2, -0.15) is 26.3 Å². The molecule has 2 unspecified atom stereocenters. The van der Waals surface area contributed by atoms with Gasteiger partial charge in [0.05, 0.1) is 33.6 Å². The summed E-state index contributed by atoms with van der Waals surface area (Å²) in [7, 11) is -1.60. The SMILES string of the molecule is CC(O)(c1ccc(Br)cc1)C(F)(F)F.CC1(C)OB(B2OC(C)(C)C(C)(C)O2)OC1(C)C.CC1(C)OB(c2ccc(C(C)(O)C(F)(F)F)cc2)OC1(C)C. The van der Waals surface area contributed by atoms with E-state index in [0.29, 0.717) is 9.94 Å². The number of aliphatic hydroxyl groups is 2. The Balaban J connectivity index is 0.000000224. The van der Waals surface area contributed by atoms with Crippen LogP contribution in [-0.2, 0) is 39.1 Å². The normalized spacial score (nSPS) is 24.5. The van der Waals surface area contributed by atoms with Gasteiger partial charge in [0.15, 0.2) is 11.2 Å². The Morgan fingerprint density at radius 3 is 0.963 bits per heavy atom. The molecule has 3 saturated heterocycles. The number of halogens is 7. The molecular weight excluding hydrogens is 787 g/mol. The number of hydrogen-bond donors (Lipinski definition) is 2. The van der Waals surface area contributed by atoms with Crippen molar-refractivity contribution in [1.29, 1.82) is 0 Å². The fourth-order valence-corrected chi connectivity index (χ4v) is 5.31. The van der Waals surface area contributed by atoms with Crippen LogP contribution in [0.3, 0.4) is 0 Å². The summed E-state index contributed by atoms with van der Waals surface area (Å²) in [5.41, 5.74) is -7.95. The Bertz CT molecular complexity index is 1510. The lowest BCUT2D eigenvalue weighted by molar-refractivity contribution is -0.259. The van der Waals surface area contributed by atoms with Gasteiger partial charge in [0, 0.05) is 4.47 Å². The van der Waals surface area contributed by atoms with Crippen molar-refractivity contribution in [2.24, 2.45) is 0 Å². The minimum atomic E-state index is -4.74. The van der Waals surface area contributed by atoms with Crippen molar-refractivity contribution in [3.05, 3.63) is 64.1 Å². The van der Waals surface area contributed by atoms with Gasteiger partial charge < -0.3 is 38.1 Å². The largest absolute Gasteiger partial charge is 0.494 e. The van der Waals surface area contributed by atoms with Crippen molar-refractivity contribution < 1.29 is 64.5 Å². The van der Waals surface area contributed by atoms with Crippen LogP contribution in [0.15, 0.2) is 53.0 Å². The van der Waals surface area contributed by atoms with Gasteiger partial charge in [0.25, 0.3) is 0 Å². The Kier molecular flexibility index (Phi) is 12.9. The van der Waals surface area contributed by atoms with E-state index in [2.05, 4.69) is 15.9 Å². The molecule has 3 heterocycles. The lowest BCUT2D eigenvalue weighted by Gasteiger charge is -2.32. The smallest absolute Gasteiger partial charge is 0.405 e. The topological polar surface area (TPSA) is 95.8 Å². The molecule has 8 nitrogen and oxygen atoms in total. The van der Waals surface area contributed by atoms with Gasteiger partial charge in [-0.1, -0.05) is 52.3 Å². The predicted molar refractivity (Wildman–Crippen MR) is 200 cm³/mol. The quantitative estimate of drug-likeness (QED) is 0.235. The first-order chi connectivity index (χ1) is 23.9. The van der Waals surface area contributed by atoms with E-state index in [4.69, 9.17) is 27.9 Å². The highest BCUT2D eigenvalue weighted by molar-refractivity contribution is 9.10. The summed E-state index contributed by atoms with van der Waals surface area (Å²) < 4.78 is 112. The van der Waals surface area contributed by atoms with Gasteiger partial charge in [0.2, 0.25) is 0 Å². The van der Waals surface area contributed by atoms with Gasteiger partial charge in [0.1, 0.15) is 0 Å². The second kappa shape index (κ2) is 15.0. The highest BCUT2D eigenvalue weighted by atomic mass is 79.9. The average molecular weight is 839 g/mol. The van der Waals surface area contributed by atoms with Gasteiger partial charge in [-0.05, 0) is 126 Å². The zero-order valence-corrected chi connectivity index (χ0v) is 34.9. The van der Waals surface area contributed by atoms with Gasteiger partial charge in [-0.25, -0.2) is 0 Å². The zero-order valence-electron chi connectivity index (χ0n) is 33.3. The Hall–Kier alpha value is -1.63. The Morgan fingerprint density at radius 1 is 0.463 bits per heavy atom. The van der Waals surface area contributed by atoms with E-state index >= 15 is 0 Å². The molecule has 0 aromatic heterocycles.